The first-order valence-electron chi connectivity index (χ1n) is 9.33. The van der Waals surface area contributed by atoms with Crippen molar-refractivity contribution < 1.29 is 9.52 Å². The van der Waals surface area contributed by atoms with Crippen LogP contribution in [0.15, 0.2) is 29.3 Å². The number of aromatic nitrogens is 4. The van der Waals surface area contributed by atoms with Crippen LogP contribution in [0.5, 0.6) is 0 Å². The SMILES string of the molecule is CC1C[C@H]2C[C@](O)(CC[C@H]2Nc2c(-c3nnco3)cnc3[nH]ccc23)C1. The summed E-state index contributed by atoms with van der Waals surface area (Å²) in [5.41, 5.74) is 2.16. The Morgan fingerprint density at radius 1 is 1.38 bits per heavy atom. The van der Waals surface area contributed by atoms with E-state index in [4.69, 9.17) is 4.42 Å². The van der Waals surface area contributed by atoms with Crippen LogP contribution in [0.2, 0.25) is 0 Å². The molecule has 0 aromatic carbocycles. The van der Waals surface area contributed by atoms with Gasteiger partial charge in [0.2, 0.25) is 6.39 Å². The predicted octanol–water partition coefficient (Wildman–Crippen LogP) is 3.35. The molecule has 1 unspecified atom stereocenters. The predicted molar refractivity (Wildman–Crippen MR) is 97.5 cm³/mol. The standard InChI is InChI=1S/C19H23N5O2/c1-11-6-12-8-19(25,7-11)4-2-15(12)23-16-13-3-5-20-17(13)21-9-14(16)18-24-22-10-26-18/h3,5,9-12,15,25H,2,4,6-8H2,1H3,(H2,20,21,23)/t11?,12-,15+,19-/m0/s1. The van der Waals surface area contributed by atoms with Crippen molar-refractivity contribution in [3.05, 3.63) is 24.9 Å². The zero-order valence-electron chi connectivity index (χ0n) is 14.8. The Morgan fingerprint density at radius 3 is 3.15 bits per heavy atom. The third-order valence-electron chi connectivity index (χ3n) is 6.07. The molecule has 2 aliphatic rings. The monoisotopic (exact) mass is 353 g/mol. The summed E-state index contributed by atoms with van der Waals surface area (Å²) in [6.45, 7) is 2.25. The highest BCUT2D eigenvalue weighted by molar-refractivity contribution is 5.96. The Hall–Kier alpha value is -2.41. The quantitative estimate of drug-likeness (QED) is 0.668. The molecular weight excluding hydrogens is 330 g/mol. The number of nitrogens with one attached hydrogen (secondary N) is 2. The molecule has 0 aliphatic heterocycles. The molecule has 3 aromatic heterocycles. The summed E-state index contributed by atoms with van der Waals surface area (Å²) >= 11 is 0. The summed E-state index contributed by atoms with van der Waals surface area (Å²) < 4.78 is 5.44. The third kappa shape index (κ3) is 2.58. The van der Waals surface area contributed by atoms with Gasteiger partial charge in [-0.3, -0.25) is 0 Å². The van der Waals surface area contributed by atoms with Crippen molar-refractivity contribution in [1.29, 1.82) is 0 Å². The van der Waals surface area contributed by atoms with Crippen LogP contribution in [-0.2, 0) is 0 Å². The van der Waals surface area contributed by atoms with E-state index in [0.717, 1.165) is 54.4 Å². The van der Waals surface area contributed by atoms with Crippen LogP contribution in [0, 0.1) is 11.8 Å². The van der Waals surface area contributed by atoms with Gasteiger partial charge >= 0.3 is 0 Å². The molecule has 2 fully saturated rings. The zero-order valence-corrected chi connectivity index (χ0v) is 14.8. The second-order valence-electron chi connectivity index (χ2n) is 8.05. The highest BCUT2D eigenvalue weighted by atomic mass is 16.4. The third-order valence-corrected chi connectivity index (χ3v) is 6.07. The summed E-state index contributed by atoms with van der Waals surface area (Å²) in [4.78, 5) is 7.64. The number of hydrogen-bond donors (Lipinski definition) is 3. The summed E-state index contributed by atoms with van der Waals surface area (Å²) in [7, 11) is 0. The lowest BCUT2D eigenvalue weighted by Gasteiger charge is -2.48. The van der Waals surface area contributed by atoms with Crippen molar-refractivity contribution in [2.75, 3.05) is 5.32 Å². The minimum atomic E-state index is -0.475. The van der Waals surface area contributed by atoms with E-state index in [1.54, 1.807) is 6.20 Å². The van der Waals surface area contributed by atoms with E-state index < -0.39 is 5.60 Å². The first kappa shape index (κ1) is 15.8. The van der Waals surface area contributed by atoms with Crippen LogP contribution in [-0.4, -0.2) is 36.9 Å². The fourth-order valence-corrected chi connectivity index (χ4v) is 5.07. The van der Waals surface area contributed by atoms with Gasteiger partial charge in [-0.2, -0.15) is 0 Å². The van der Waals surface area contributed by atoms with Crippen molar-refractivity contribution >= 4 is 16.7 Å². The Bertz CT molecular complexity index is 921. The van der Waals surface area contributed by atoms with E-state index in [2.05, 4.69) is 32.4 Å². The van der Waals surface area contributed by atoms with Crippen LogP contribution >= 0.6 is 0 Å². The molecule has 0 amide bonds. The van der Waals surface area contributed by atoms with Gasteiger partial charge in [-0.15, -0.1) is 10.2 Å². The van der Waals surface area contributed by atoms with Crippen molar-refractivity contribution in [3.8, 4) is 11.5 Å². The van der Waals surface area contributed by atoms with Gasteiger partial charge in [0.1, 0.15) is 5.65 Å². The van der Waals surface area contributed by atoms with Crippen LogP contribution < -0.4 is 5.32 Å². The van der Waals surface area contributed by atoms with E-state index in [9.17, 15) is 5.11 Å². The molecule has 0 radical (unpaired) electrons. The van der Waals surface area contributed by atoms with Gasteiger partial charge in [0, 0.05) is 23.8 Å². The number of rotatable bonds is 3. The van der Waals surface area contributed by atoms with Crippen molar-refractivity contribution in [3.63, 3.8) is 0 Å². The van der Waals surface area contributed by atoms with Gasteiger partial charge in [0.05, 0.1) is 16.9 Å². The van der Waals surface area contributed by atoms with Crippen molar-refractivity contribution in [2.45, 2.75) is 50.7 Å². The van der Waals surface area contributed by atoms with Gasteiger partial charge in [-0.1, -0.05) is 6.92 Å². The largest absolute Gasteiger partial charge is 0.423 e. The summed E-state index contributed by atoms with van der Waals surface area (Å²) in [6, 6.07) is 2.34. The molecule has 136 valence electrons. The molecule has 3 heterocycles. The Labute approximate surface area is 151 Å². The van der Waals surface area contributed by atoms with Crippen molar-refractivity contribution in [1.82, 2.24) is 20.2 Å². The molecule has 5 rings (SSSR count). The van der Waals surface area contributed by atoms with Crippen LogP contribution in [0.25, 0.3) is 22.5 Å². The number of hydrogen-bond acceptors (Lipinski definition) is 6. The highest BCUT2D eigenvalue weighted by Gasteiger charge is 2.44. The second kappa shape index (κ2) is 5.81. The van der Waals surface area contributed by atoms with E-state index in [1.165, 1.54) is 6.39 Å². The lowest BCUT2D eigenvalue weighted by atomic mass is 9.64. The Morgan fingerprint density at radius 2 is 2.31 bits per heavy atom. The second-order valence-corrected chi connectivity index (χ2v) is 8.05. The van der Waals surface area contributed by atoms with Crippen LogP contribution in [0.3, 0.4) is 0 Å². The molecule has 2 saturated carbocycles. The Kier molecular flexibility index (Phi) is 3.53. The van der Waals surface area contributed by atoms with Crippen LogP contribution in [0.4, 0.5) is 5.69 Å². The van der Waals surface area contributed by atoms with Gasteiger partial charge in [-0.05, 0) is 50.0 Å². The number of fused-ring (bicyclic) bond motifs is 3. The van der Waals surface area contributed by atoms with E-state index in [0.29, 0.717) is 23.8 Å². The topological polar surface area (TPSA) is 99.9 Å². The molecule has 3 aromatic rings. The summed E-state index contributed by atoms with van der Waals surface area (Å²) in [6.07, 6.45) is 9.78. The van der Waals surface area contributed by atoms with Gasteiger partial charge in [-0.25, -0.2) is 4.98 Å². The number of anilines is 1. The van der Waals surface area contributed by atoms with Gasteiger partial charge < -0.3 is 19.8 Å². The molecular formula is C19H23N5O2. The number of aromatic amines is 1. The smallest absolute Gasteiger partial charge is 0.251 e. The van der Waals surface area contributed by atoms with E-state index in [1.807, 2.05) is 12.3 Å². The maximum Gasteiger partial charge on any atom is 0.251 e. The minimum absolute atomic E-state index is 0.320. The fourth-order valence-electron chi connectivity index (χ4n) is 5.07. The highest BCUT2D eigenvalue weighted by Crippen LogP contribution is 2.46. The minimum Gasteiger partial charge on any atom is -0.423 e. The van der Waals surface area contributed by atoms with E-state index in [-0.39, 0.29) is 0 Å². The fraction of sp³-hybridized carbons (Fsp3) is 0.526. The maximum atomic E-state index is 10.8. The normalized spacial score (nSPS) is 31.2. The summed E-state index contributed by atoms with van der Waals surface area (Å²) in [5, 5.41) is 23.5. The number of aliphatic hydroxyl groups is 1. The first-order valence-corrected chi connectivity index (χ1v) is 9.33. The molecule has 4 atom stereocenters. The average Bonchev–Trinajstić information content (AvgIpc) is 3.28. The van der Waals surface area contributed by atoms with Crippen molar-refractivity contribution in [2.24, 2.45) is 11.8 Å². The summed E-state index contributed by atoms with van der Waals surface area (Å²) in [5.74, 6) is 1.49. The molecule has 0 saturated heterocycles. The number of H-pyrrole nitrogens is 1. The van der Waals surface area contributed by atoms with Gasteiger partial charge in [0.15, 0.2) is 0 Å². The van der Waals surface area contributed by atoms with Gasteiger partial charge in [0.25, 0.3) is 5.89 Å². The number of nitrogens with zero attached hydrogens (tertiary/aromatic N) is 3. The maximum absolute atomic E-state index is 10.8. The van der Waals surface area contributed by atoms with E-state index >= 15 is 0 Å². The lowest BCUT2D eigenvalue weighted by molar-refractivity contribution is -0.0677. The molecule has 26 heavy (non-hydrogen) atoms. The average molecular weight is 353 g/mol. The molecule has 2 bridgehead atoms. The molecule has 7 nitrogen and oxygen atoms in total. The molecule has 0 spiro atoms. The lowest BCUT2D eigenvalue weighted by Crippen LogP contribution is -2.49. The first-order chi connectivity index (χ1) is 12.6. The Balaban J connectivity index is 1.53. The molecule has 2 aliphatic carbocycles. The number of pyridine rings is 1. The molecule has 3 N–H and O–H groups in total. The molecule has 7 heteroatoms. The zero-order chi connectivity index (χ0) is 17.7. The van der Waals surface area contributed by atoms with Crippen LogP contribution in [0.1, 0.15) is 39.0 Å².